The Labute approximate surface area is 127 Å². The van der Waals surface area contributed by atoms with Crippen LogP contribution >= 0.6 is 11.3 Å². The second-order valence-corrected chi connectivity index (χ2v) is 6.92. The summed E-state index contributed by atoms with van der Waals surface area (Å²) in [6, 6.07) is 5.17. The van der Waals surface area contributed by atoms with Gasteiger partial charge in [-0.25, -0.2) is 0 Å². The molecule has 1 unspecified atom stereocenters. The Morgan fingerprint density at radius 1 is 1.40 bits per heavy atom. The standard InChI is InChI=1S/C16H28N2OS/c1-3-9-17-12-15-6-7-16(20-15)13-19-11-8-14-5-4-10-18(14)2/h6-7,14,17H,3-5,8-13H2,1-2H3. The highest BCUT2D eigenvalue weighted by atomic mass is 32.1. The lowest BCUT2D eigenvalue weighted by molar-refractivity contribution is 0.103. The second-order valence-electron chi connectivity index (χ2n) is 5.66. The summed E-state index contributed by atoms with van der Waals surface area (Å²) in [5.41, 5.74) is 0. The smallest absolute Gasteiger partial charge is 0.0809 e. The lowest BCUT2D eigenvalue weighted by Gasteiger charge is -2.18. The highest BCUT2D eigenvalue weighted by molar-refractivity contribution is 7.11. The SMILES string of the molecule is CCCNCc1ccc(COCCC2CCCN2C)s1. The van der Waals surface area contributed by atoms with Gasteiger partial charge in [0, 0.05) is 28.9 Å². The van der Waals surface area contributed by atoms with Gasteiger partial charge in [0.25, 0.3) is 0 Å². The van der Waals surface area contributed by atoms with Crippen molar-refractivity contribution in [3.8, 4) is 0 Å². The Morgan fingerprint density at radius 3 is 3.00 bits per heavy atom. The van der Waals surface area contributed by atoms with E-state index in [1.165, 1.54) is 42.0 Å². The summed E-state index contributed by atoms with van der Waals surface area (Å²) in [5.74, 6) is 0. The van der Waals surface area contributed by atoms with Crippen molar-refractivity contribution < 1.29 is 4.74 Å². The summed E-state index contributed by atoms with van der Waals surface area (Å²) < 4.78 is 5.83. The molecule has 0 aliphatic carbocycles. The van der Waals surface area contributed by atoms with Gasteiger partial charge in [0.15, 0.2) is 0 Å². The van der Waals surface area contributed by atoms with Crippen molar-refractivity contribution in [2.24, 2.45) is 0 Å². The first-order valence-electron chi connectivity index (χ1n) is 7.86. The van der Waals surface area contributed by atoms with Crippen molar-refractivity contribution in [3.05, 3.63) is 21.9 Å². The molecule has 0 saturated carbocycles. The zero-order valence-corrected chi connectivity index (χ0v) is 13.7. The molecular formula is C16H28N2OS. The highest BCUT2D eigenvalue weighted by Crippen LogP contribution is 2.19. The van der Waals surface area contributed by atoms with Crippen LogP contribution in [0.15, 0.2) is 12.1 Å². The third-order valence-electron chi connectivity index (χ3n) is 3.95. The molecule has 0 bridgehead atoms. The zero-order valence-electron chi connectivity index (χ0n) is 12.9. The number of hydrogen-bond donors (Lipinski definition) is 1. The van der Waals surface area contributed by atoms with Crippen LogP contribution in [0, 0.1) is 0 Å². The van der Waals surface area contributed by atoms with E-state index in [1.54, 1.807) is 0 Å². The quantitative estimate of drug-likeness (QED) is 0.708. The van der Waals surface area contributed by atoms with Crippen LogP contribution in [0.25, 0.3) is 0 Å². The number of rotatable bonds is 9. The first-order chi connectivity index (χ1) is 9.79. The summed E-state index contributed by atoms with van der Waals surface area (Å²) in [5, 5.41) is 3.44. The van der Waals surface area contributed by atoms with Crippen molar-refractivity contribution in [3.63, 3.8) is 0 Å². The number of nitrogens with zero attached hydrogens (tertiary/aromatic N) is 1. The van der Waals surface area contributed by atoms with Gasteiger partial charge in [-0.2, -0.15) is 0 Å². The van der Waals surface area contributed by atoms with E-state index in [0.29, 0.717) is 0 Å². The summed E-state index contributed by atoms with van der Waals surface area (Å²) >= 11 is 1.87. The van der Waals surface area contributed by atoms with Gasteiger partial charge in [0.2, 0.25) is 0 Å². The van der Waals surface area contributed by atoms with Crippen LogP contribution in [-0.4, -0.2) is 37.7 Å². The summed E-state index contributed by atoms with van der Waals surface area (Å²) in [7, 11) is 2.23. The van der Waals surface area contributed by atoms with Crippen LogP contribution in [0.1, 0.15) is 42.4 Å². The molecule has 1 aromatic rings. The minimum atomic E-state index is 0.743. The van der Waals surface area contributed by atoms with Gasteiger partial charge in [-0.1, -0.05) is 6.92 Å². The minimum Gasteiger partial charge on any atom is -0.376 e. The highest BCUT2D eigenvalue weighted by Gasteiger charge is 2.19. The van der Waals surface area contributed by atoms with E-state index in [2.05, 4.69) is 36.3 Å². The lowest BCUT2D eigenvalue weighted by atomic mass is 10.1. The van der Waals surface area contributed by atoms with Crippen LogP contribution in [0.5, 0.6) is 0 Å². The van der Waals surface area contributed by atoms with E-state index in [0.717, 1.165) is 32.3 Å². The van der Waals surface area contributed by atoms with E-state index in [-0.39, 0.29) is 0 Å². The maximum atomic E-state index is 5.83. The molecule has 1 fully saturated rings. The average molecular weight is 296 g/mol. The van der Waals surface area contributed by atoms with Crippen molar-refractivity contribution in [1.82, 2.24) is 10.2 Å². The topological polar surface area (TPSA) is 24.5 Å². The number of nitrogens with one attached hydrogen (secondary N) is 1. The molecule has 0 spiro atoms. The molecular weight excluding hydrogens is 268 g/mol. The van der Waals surface area contributed by atoms with Crippen LogP contribution < -0.4 is 5.32 Å². The summed E-state index contributed by atoms with van der Waals surface area (Å²) in [6.07, 6.45) is 5.05. The Kier molecular flexibility index (Phi) is 7.00. The Balaban J connectivity index is 1.59. The van der Waals surface area contributed by atoms with Crippen LogP contribution in [0.3, 0.4) is 0 Å². The van der Waals surface area contributed by atoms with Crippen LogP contribution in [-0.2, 0) is 17.9 Å². The Morgan fingerprint density at radius 2 is 2.25 bits per heavy atom. The van der Waals surface area contributed by atoms with Gasteiger partial charge in [-0.3, -0.25) is 0 Å². The predicted molar refractivity (Wildman–Crippen MR) is 86.2 cm³/mol. The molecule has 114 valence electrons. The molecule has 2 rings (SSSR count). The molecule has 0 aromatic carbocycles. The number of likely N-dealkylation sites (tertiary alicyclic amines) is 1. The normalized spacial score (nSPS) is 19.8. The summed E-state index contributed by atoms with van der Waals surface area (Å²) in [4.78, 5) is 5.22. The Bertz CT molecular complexity index is 380. The molecule has 2 heterocycles. The number of thiophene rings is 1. The molecule has 1 atom stereocenters. The van der Waals surface area contributed by atoms with Gasteiger partial charge >= 0.3 is 0 Å². The fraction of sp³-hybridized carbons (Fsp3) is 0.750. The van der Waals surface area contributed by atoms with Crippen molar-refractivity contribution in [2.45, 2.75) is 51.8 Å². The van der Waals surface area contributed by atoms with Crippen molar-refractivity contribution in [2.75, 3.05) is 26.7 Å². The minimum absolute atomic E-state index is 0.743. The third-order valence-corrected chi connectivity index (χ3v) is 5.01. The van der Waals surface area contributed by atoms with E-state index in [9.17, 15) is 0 Å². The molecule has 1 N–H and O–H groups in total. The van der Waals surface area contributed by atoms with Crippen molar-refractivity contribution >= 4 is 11.3 Å². The van der Waals surface area contributed by atoms with Crippen LogP contribution in [0.4, 0.5) is 0 Å². The molecule has 0 amide bonds. The van der Waals surface area contributed by atoms with E-state index < -0.39 is 0 Å². The fourth-order valence-electron chi connectivity index (χ4n) is 2.72. The first-order valence-corrected chi connectivity index (χ1v) is 8.67. The molecule has 20 heavy (non-hydrogen) atoms. The van der Waals surface area contributed by atoms with E-state index in [1.807, 2.05) is 11.3 Å². The van der Waals surface area contributed by atoms with Crippen LogP contribution in [0.2, 0.25) is 0 Å². The molecule has 3 nitrogen and oxygen atoms in total. The fourth-order valence-corrected chi connectivity index (χ4v) is 3.64. The first kappa shape index (κ1) is 16.0. The summed E-state index contributed by atoms with van der Waals surface area (Å²) in [6.45, 7) is 7.20. The van der Waals surface area contributed by atoms with E-state index >= 15 is 0 Å². The predicted octanol–water partition coefficient (Wildman–Crippen LogP) is 3.25. The molecule has 1 saturated heterocycles. The van der Waals surface area contributed by atoms with Gasteiger partial charge in [0.05, 0.1) is 6.61 Å². The lowest BCUT2D eigenvalue weighted by Crippen LogP contribution is -2.25. The van der Waals surface area contributed by atoms with E-state index in [4.69, 9.17) is 4.74 Å². The van der Waals surface area contributed by atoms with Gasteiger partial charge < -0.3 is 15.0 Å². The van der Waals surface area contributed by atoms with Crippen molar-refractivity contribution in [1.29, 1.82) is 0 Å². The molecule has 1 aromatic heterocycles. The zero-order chi connectivity index (χ0) is 14.2. The largest absolute Gasteiger partial charge is 0.376 e. The monoisotopic (exact) mass is 296 g/mol. The molecule has 4 heteroatoms. The maximum Gasteiger partial charge on any atom is 0.0809 e. The average Bonchev–Trinajstić information content (AvgIpc) is 3.05. The maximum absolute atomic E-state index is 5.83. The number of ether oxygens (including phenoxy) is 1. The Hall–Kier alpha value is -0.420. The molecule has 1 aliphatic heterocycles. The van der Waals surface area contributed by atoms with Gasteiger partial charge in [-0.15, -0.1) is 11.3 Å². The van der Waals surface area contributed by atoms with Gasteiger partial charge in [0.1, 0.15) is 0 Å². The molecule has 1 aliphatic rings. The third kappa shape index (κ3) is 5.17. The molecule has 0 radical (unpaired) electrons. The second kappa shape index (κ2) is 8.78. The number of hydrogen-bond acceptors (Lipinski definition) is 4. The van der Waals surface area contributed by atoms with Gasteiger partial charge in [-0.05, 0) is 58.0 Å².